The van der Waals surface area contributed by atoms with Gasteiger partial charge in [0.1, 0.15) is 5.82 Å². The fourth-order valence-electron chi connectivity index (χ4n) is 3.23. The number of carbonyl (C=O) groups excluding carboxylic acids is 1. The van der Waals surface area contributed by atoms with Crippen LogP contribution in [0.5, 0.6) is 0 Å². The first-order chi connectivity index (χ1) is 14.0. The van der Waals surface area contributed by atoms with E-state index in [0.717, 1.165) is 27.9 Å². The molecule has 0 saturated carbocycles. The second kappa shape index (κ2) is 7.67. The topological polar surface area (TPSA) is 70.1 Å². The molecule has 0 fully saturated rings. The fraction of sp³-hybridized carbons (Fsp3) is 0.0870. The monoisotopic (exact) mass is 386 g/mol. The number of hydrogen-bond donors (Lipinski definition) is 2. The maximum Gasteiger partial charge on any atom is 0.272 e. The zero-order chi connectivity index (χ0) is 20.4. The largest absolute Gasteiger partial charge is 0.362 e. The summed E-state index contributed by atoms with van der Waals surface area (Å²) >= 11 is 0. The van der Waals surface area contributed by atoms with E-state index in [1.54, 1.807) is 24.4 Å². The highest BCUT2D eigenvalue weighted by molar-refractivity contribution is 6.07. The number of nitrogens with zero attached hydrogens (tertiary/aromatic N) is 2. The van der Waals surface area contributed by atoms with Gasteiger partial charge in [0.25, 0.3) is 5.91 Å². The molecule has 0 aliphatic carbocycles. The average Bonchev–Trinajstić information content (AvgIpc) is 3.04. The summed E-state index contributed by atoms with van der Waals surface area (Å²) in [5, 5.41) is 4.82. The molecule has 0 radical (unpaired) electrons. The molecule has 6 heteroatoms. The van der Waals surface area contributed by atoms with Gasteiger partial charge in [-0.3, -0.25) is 4.79 Å². The average molecular weight is 386 g/mol. The minimum Gasteiger partial charge on any atom is -0.362 e. The summed E-state index contributed by atoms with van der Waals surface area (Å²) < 4.78 is 13.3. The van der Waals surface area contributed by atoms with Crippen LogP contribution < -0.4 is 5.43 Å². The number of amides is 1. The number of aryl methyl sites for hydroxylation is 2. The molecule has 0 spiro atoms. The highest BCUT2D eigenvalue weighted by Gasteiger charge is 2.13. The zero-order valence-electron chi connectivity index (χ0n) is 16.0. The third-order valence-corrected chi connectivity index (χ3v) is 4.66. The van der Waals surface area contributed by atoms with Crippen LogP contribution in [0.15, 0.2) is 65.8 Å². The van der Waals surface area contributed by atoms with Gasteiger partial charge in [-0.15, -0.1) is 0 Å². The van der Waals surface area contributed by atoms with Gasteiger partial charge in [0.05, 0.1) is 23.0 Å². The van der Waals surface area contributed by atoms with Crippen molar-refractivity contribution < 1.29 is 9.18 Å². The Labute approximate surface area is 167 Å². The van der Waals surface area contributed by atoms with Crippen LogP contribution in [0.4, 0.5) is 4.39 Å². The van der Waals surface area contributed by atoms with Crippen molar-refractivity contribution in [2.24, 2.45) is 5.10 Å². The number of halogens is 1. The number of aromatic amines is 1. The van der Waals surface area contributed by atoms with E-state index in [4.69, 9.17) is 0 Å². The van der Waals surface area contributed by atoms with E-state index >= 15 is 0 Å². The van der Waals surface area contributed by atoms with Crippen LogP contribution in [0.2, 0.25) is 0 Å². The minimum atomic E-state index is -0.340. The first kappa shape index (κ1) is 18.6. The second-order valence-electron chi connectivity index (χ2n) is 6.81. The van der Waals surface area contributed by atoms with Crippen molar-refractivity contribution >= 4 is 23.0 Å². The molecule has 4 aromatic rings. The molecule has 2 heterocycles. The van der Waals surface area contributed by atoms with Gasteiger partial charge in [0.15, 0.2) is 0 Å². The molecule has 0 unspecified atom stereocenters. The summed E-state index contributed by atoms with van der Waals surface area (Å²) in [7, 11) is 0. The van der Waals surface area contributed by atoms with Crippen molar-refractivity contribution in [2.45, 2.75) is 13.8 Å². The van der Waals surface area contributed by atoms with E-state index in [1.807, 2.05) is 44.2 Å². The Morgan fingerprint density at radius 1 is 1.10 bits per heavy atom. The van der Waals surface area contributed by atoms with Crippen LogP contribution in [0, 0.1) is 19.7 Å². The Morgan fingerprint density at radius 3 is 2.59 bits per heavy atom. The summed E-state index contributed by atoms with van der Waals surface area (Å²) in [5.74, 6) is -0.662. The number of fused-ring (bicyclic) bond motifs is 1. The van der Waals surface area contributed by atoms with E-state index in [-0.39, 0.29) is 11.7 Å². The third kappa shape index (κ3) is 3.91. The molecule has 0 atom stereocenters. The van der Waals surface area contributed by atoms with Gasteiger partial charge in [-0.05, 0) is 56.3 Å². The van der Waals surface area contributed by atoms with Gasteiger partial charge in [0.2, 0.25) is 0 Å². The predicted molar refractivity (Wildman–Crippen MR) is 112 cm³/mol. The van der Waals surface area contributed by atoms with E-state index in [2.05, 4.69) is 20.5 Å². The number of hydrazone groups is 1. The number of carbonyl (C=O) groups is 1. The Hall–Kier alpha value is -3.80. The van der Waals surface area contributed by atoms with Crippen LogP contribution in [0.3, 0.4) is 0 Å². The predicted octanol–water partition coefficient (Wildman–Crippen LogP) is 4.75. The zero-order valence-corrected chi connectivity index (χ0v) is 16.0. The van der Waals surface area contributed by atoms with E-state index in [1.165, 1.54) is 12.1 Å². The summed E-state index contributed by atoms with van der Waals surface area (Å²) in [5.41, 5.74) is 7.97. The molecule has 0 aliphatic rings. The number of rotatable bonds is 4. The molecule has 0 bridgehead atoms. The van der Waals surface area contributed by atoms with Gasteiger partial charge in [-0.2, -0.15) is 5.10 Å². The van der Waals surface area contributed by atoms with Crippen LogP contribution in [0.1, 0.15) is 27.3 Å². The van der Waals surface area contributed by atoms with E-state index in [9.17, 15) is 9.18 Å². The number of para-hydroxylation sites is 1. The summed E-state index contributed by atoms with van der Waals surface area (Å²) in [4.78, 5) is 20.7. The third-order valence-electron chi connectivity index (χ3n) is 4.66. The lowest BCUT2D eigenvalue weighted by atomic mass is 10.0. The molecule has 0 saturated heterocycles. The van der Waals surface area contributed by atoms with E-state index < -0.39 is 0 Å². The Balaban J connectivity index is 1.68. The first-order valence-corrected chi connectivity index (χ1v) is 9.16. The lowest BCUT2D eigenvalue weighted by Crippen LogP contribution is -2.18. The van der Waals surface area contributed by atoms with Gasteiger partial charge in [0, 0.05) is 27.9 Å². The molecule has 2 N–H and O–H groups in total. The van der Waals surface area contributed by atoms with Gasteiger partial charge >= 0.3 is 0 Å². The van der Waals surface area contributed by atoms with Gasteiger partial charge < -0.3 is 4.98 Å². The molecule has 2 aromatic carbocycles. The van der Waals surface area contributed by atoms with E-state index in [0.29, 0.717) is 16.8 Å². The SMILES string of the molecule is Cc1cc(/C=N/NC(=O)c2cc(-c3ccc(F)cc3)nc3ccccc23)c(C)[nH]1. The summed E-state index contributed by atoms with van der Waals surface area (Å²) in [6, 6.07) is 17.1. The first-order valence-electron chi connectivity index (χ1n) is 9.16. The van der Waals surface area contributed by atoms with Crippen LogP contribution in [0.25, 0.3) is 22.2 Å². The lowest BCUT2D eigenvalue weighted by Gasteiger charge is -2.09. The van der Waals surface area contributed by atoms with Crippen molar-refractivity contribution in [1.82, 2.24) is 15.4 Å². The highest BCUT2D eigenvalue weighted by atomic mass is 19.1. The van der Waals surface area contributed by atoms with Crippen molar-refractivity contribution in [3.05, 3.63) is 89.0 Å². The van der Waals surface area contributed by atoms with Crippen LogP contribution in [-0.4, -0.2) is 22.1 Å². The van der Waals surface area contributed by atoms with Crippen molar-refractivity contribution in [2.75, 3.05) is 0 Å². The van der Waals surface area contributed by atoms with Crippen molar-refractivity contribution in [3.8, 4) is 11.3 Å². The Kier molecular flexibility index (Phi) is 4.91. The number of benzene rings is 2. The Bertz CT molecular complexity index is 1230. The number of H-pyrrole nitrogens is 1. The normalized spacial score (nSPS) is 11.3. The molecular formula is C23H19FN4O. The van der Waals surface area contributed by atoms with Crippen LogP contribution in [-0.2, 0) is 0 Å². The Morgan fingerprint density at radius 2 is 1.86 bits per heavy atom. The highest BCUT2D eigenvalue weighted by Crippen LogP contribution is 2.25. The molecule has 29 heavy (non-hydrogen) atoms. The molecule has 0 aliphatic heterocycles. The summed E-state index contributed by atoms with van der Waals surface area (Å²) in [6.07, 6.45) is 1.61. The molecule has 5 nitrogen and oxygen atoms in total. The molecule has 2 aromatic heterocycles. The molecular weight excluding hydrogens is 367 g/mol. The standard InChI is InChI=1S/C23H19FN4O/c1-14-11-17(15(2)26-14)13-25-28-23(29)20-12-22(16-7-9-18(24)10-8-16)27-21-6-4-3-5-19(20)21/h3-13,26H,1-2H3,(H,28,29)/b25-13+. The summed E-state index contributed by atoms with van der Waals surface area (Å²) in [6.45, 7) is 3.91. The van der Waals surface area contributed by atoms with Crippen LogP contribution >= 0.6 is 0 Å². The maximum absolute atomic E-state index is 13.3. The molecule has 4 rings (SSSR count). The maximum atomic E-state index is 13.3. The number of aromatic nitrogens is 2. The minimum absolute atomic E-state index is 0.322. The van der Waals surface area contributed by atoms with Crippen molar-refractivity contribution in [3.63, 3.8) is 0 Å². The molecule has 144 valence electrons. The second-order valence-corrected chi connectivity index (χ2v) is 6.81. The smallest absolute Gasteiger partial charge is 0.272 e. The quantitative estimate of drug-likeness (QED) is 0.392. The number of hydrogen-bond acceptors (Lipinski definition) is 3. The fourth-order valence-corrected chi connectivity index (χ4v) is 3.23. The van der Waals surface area contributed by atoms with Gasteiger partial charge in [-0.25, -0.2) is 14.8 Å². The number of nitrogens with one attached hydrogen (secondary N) is 2. The van der Waals surface area contributed by atoms with Crippen molar-refractivity contribution in [1.29, 1.82) is 0 Å². The lowest BCUT2D eigenvalue weighted by molar-refractivity contribution is 0.0956. The number of pyridine rings is 1. The van der Waals surface area contributed by atoms with Gasteiger partial charge in [-0.1, -0.05) is 18.2 Å². The molecule has 1 amide bonds.